The minimum atomic E-state index is -0.496. The van der Waals surface area contributed by atoms with Gasteiger partial charge in [0.15, 0.2) is 11.5 Å². The first-order valence-corrected chi connectivity index (χ1v) is 9.95. The lowest BCUT2D eigenvalue weighted by Crippen LogP contribution is -2.40. The molecule has 2 heterocycles. The molecule has 1 aliphatic heterocycles. The topological polar surface area (TPSA) is 76.2 Å². The van der Waals surface area contributed by atoms with Crippen LogP contribution in [-0.2, 0) is 11.2 Å². The van der Waals surface area contributed by atoms with Crippen LogP contribution in [0.15, 0.2) is 42.5 Å². The van der Waals surface area contributed by atoms with E-state index in [1.807, 2.05) is 42.5 Å². The molecular formula is C22H23N3O3. The average molecular weight is 377 g/mol. The van der Waals surface area contributed by atoms with E-state index in [0.717, 1.165) is 59.7 Å². The maximum absolute atomic E-state index is 12.4. The van der Waals surface area contributed by atoms with Gasteiger partial charge in [-0.3, -0.25) is 4.79 Å². The molecule has 1 aromatic heterocycles. The molecule has 1 spiro atoms. The van der Waals surface area contributed by atoms with Gasteiger partial charge in [0.1, 0.15) is 5.82 Å². The van der Waals surface area contributed by atoms with Crippen molar-refractivity contribution in [2.75, 3.05) is 5.32 Å². The van der Waals surface area contributed by atoms with Crippen molar-refractivity contribution in [3.8, 4) is 11.5 Å². The Kier molecular flexibility index (Phi) is 4.19. The van der Waals surface area contributed by atoms with E-state index < -0.39 is 5.79 Å². The van der Waals surface area contributed by atoms with Crippen LogP contribution in [0.25, 0.3) is 11.0 Å². The SMILES string of the molecule is O=C(CCc1nc2ccccc2[nH]1)Nc1ccc2c(c1)OC1(CCCCC1)O2. The molecule has 2 N–H and O–H groups in total. The lowest BCUT2D eigenvalue weighted by atomic mass is 9.94. The number of hydrogen-bond acceptors (Lipinski definition) is 4. The number of aromatic nitrogens is 2. The van der Waals surface area contributed by atoms with Gasteiger partial charge in [-0.1, -0.05) is 18.6 Å². The number of nitrogens with zero attached hydrogens (tertiary/aromatic N) is 1. The molecule has 6 heteroatoms. The minimum Gasteiger partial charge on any atom is -0.448 e. The number of imidazole rings is 1. The van der Waals surface area contributed by atoms with Crippen LogP contribution in [-0.4, -0.2) is 21.7 Å². The molecule has 1 aliphatic carbocycles. The Morgan fingerprint density at radius 3 is 2.75 bits per heavy atom. The summed E-state index contributed by atoms with van der Waals surface area (Å²) in [7, 11) is 0. The zero-order valence-electron chi connectivity index (χ0n) is 15.7. The quantitative estimate of drug-likeness (QED) is 0.698. The van der Waals surface area contributed by atoms with E-state index in [1.165, 1.54) is 6.42 Å². The number of fused-ring (bicyclic) bond motifs is 2. The molecule has 2 aliphatic rings. The number of H-pyrrole nitrogens is 1. The number of rotatable bonds is 4. The molecule has 1 amide bonds. The van der Waals surface area contributed by atoms with Crippen molar-refractivity contribution in [3.63, 3.8) is 0 Å². The van der Waals surface area contributed by atoms with Gasteiger partial charge in [-0.2, -0.15) is 0 Å². The van der Waals surface area contributed by atoms with Crippen LogP contribution in [0.2, 0.25) is 0 Å². The molecule has 0 saturated heterocycles. The van der Waals surface area contributed by atoms with E-state index in [2.05, 4.69) is 15.3 Å². The highest BCUT2D eigenvalue weighted by atomic mass is 16.7. The van der Waals surface area contributed by atoms with Gasteiger partial charge < -0.3 is 19.8 Å². The third kappa shape index (κ3) is 3.30. The predicted molar refractivity (Wildman–Crippen MR) is 107 cm³/mol. The van der Waals surface area contributed by atoms with E-state index in [1.54, 1.807) is 0 Å². The molecule has 6 nitrogen and oxygen atoms in total. The number of amides is 1. The lowest BCUT2D eigenvalue weighted by molar-refractivity contribution is -0.116. The monoisotopic (exact) mass is 377 g/mol. The van der Waals surface area contributed by atoms with Gasteiger partial charge in [-0.05, 0) is 37.1 Å². The van der Waals surface area contributed by atoms with Gasteiger partial charge in [-0.15, -0.1) is 0 Å². The maximum Gasteiger partial charge on any atom is 0.251 e. The van der Waals surface area contributed by atoms with Crippen molar-refractivity contribution in [2.45, 2.75) is 50.7 Å². The molecule has 0 bridgehead atoms. The van der Waals surface area contributed by atoms with Gasteiger partial charge in [-0.25, -0.2) is 4.98 Å². The highest BCUT2D eigenvalue weighted by molar-refractivity contribution is 5.91. The molecule has 0 unspecified atom stereocenters. The average Bonchev–Trinajstić information content (AvgIpc) is 3.27. The Morgan fingerprint density at radius 2 is 1.89 bits per heavy atom. The Hall–Kier alpha value is -3.02. The minimum absolute atomic E-state index is 0.0494. The summed E-state index contributed by atoms with van der Waals surface area (Å²) in [5.74, 6) is 1.76. The van der Waals surface area contributed by atoms with Gasteiger partial charge in [0, 0.05) is 37.4 Å². The van der Waals surface area contributed by atoms with Gasteiger partial charge >= 0.3 is 0 Å². The van der Waals surface area contributed by atoms with Crippen LogP contribution in [0.4, 0.5) is 5.69 Å². The van der Waals surface area contributed by atoms with Crippen molar-refractivity contribution >= 4 is 22.6 Å². The maximum atomic E-state index is 12.4. The second-order valence-corrected chi connectivity index (χ2v) is 7.59. The molecule has 1 saturated carbocycles. The van der Waals surface area contributed by atoms with E-state index in [9.17, 15) is 4.79 Å². The first-order valence-electron chi connectivity index (χ1n) is 9.95. The number of ether oxygens (including phenoxy) is 2. The van der Waals surface area contributed by atoms with Crippen molar-refractivity contribution in [1.29, 1.82) is 0 Å². The number of nitrogens with one attached hydrogen (secondary N) is 2. The van der Waals surface area contributed by atoms with Crippen LogP contribution >= 0.6 is 0 Å². The number of hydrogen-bond donors (Lipinski definition) is 2. The zero-order valence-corrected chi connectivity index (χ0v) is 15.7. The normalized spacial score (nSPS) is 17.1. The molecule has 5 rings (SSSR count). The first-order chi connectivity index (χ1) is 13.7. The molecule has 28 heavy (non-hydrogen) atoms. The summed E-state index contributed by atoms with van der Waals surface area (Å²) in [4.78, 5) is 20.1. The number of aryl methyl sites for hydroxylation is 1. The highest BCUT2D eigenvalue weighted by Crippen LogP contribution is 2.46. The number of benzene rings is 2. The van der Waals surface area contributed by atoms with Crippen LogP contribution in [0.1, 0.15) is 44.3 Å². The molecule has 144 valence electrons. The van der Waals surface area contributed by atoms with E-state index in [4.69, 9.17) is 9.47 Å². The Bertz CT molecular complexity index is 988. The summed E-state index contributed by atoms with van der Waals surface area (Å²) < 4.78 is 12.2. The van der Waals surface area contributed by atoms with Crippen molar-refractivity contribution in [1.82, 2.24) is 9.97 Å². The van der Waals surface area contributed by atoms with Crippen molar-refractivity contribution in [2.24, 2.45) is 0 Å². The molecule has 3 aromatic rings. The highest BCUT2D eigenvalue weighted by Gasteiger charge is 2.42. The molecule has 2 aromatic carbocycles. The van der Waals surface area contributed by atoms with Crippen molar-refractivity contribution < 1.29 is 14.3 Å². The molecular weight excluding hydrogens is 354 g/mol. The number of aromatic amines is 1. The van der Waals surface area contributed by atoms with Crippen LogP contribution in [0.3, 0.4) is 0 Å². The predicted octanol–water partition coefficient (Wildman–Crippen LogP) is 4.57. The van der Waals surface area contributed by atoms with Crippen LogP contribution in [0, 0.1) is 0 Å². The van der Waals surface area contributed by atoms with E-state index in [-0.39, 0.29) is 5.91 Å². The summed E-state index contributed by atoms with van der Waals surface area (Å²) in [6, 6.07) is 13.5. The Balaban J connectivity index is 1.21. The summed E-state index contributed by atoms with van der Waals surface area (Å²) in [6.07, 6.45) is 6.24. The lowest BCUT2D eigenvalue weighted by Gasteiger charge is -2.31. The number of carbonyl (C=O) groups excluding carboxylic acids is 1. The Morgan fingerprint density at radius 1 is 1.07 bits per heavy atom. The largest absolute Gasteiger partial charge is 0.448 e. The summed E-state index contributed by atoms with van der Waals surface area (Å²) >= 11 is 0. The second kappa shape index (κ2) is 6.86. The fourth-order valence-electron chi connectivity index (χ4n) is 4.05. The molecule has 0 radical (unpaired) electrons. The third-order valence-electron chi connectivity index (χ3n) is 5.46. The standard InChI is InChI=1S/C22H23N3O3/c26-21(11-10-20-24-16-6-2-3-7-17(16)25-20)23-15-8-9-18-19(14-15)28-22(27-18)12-4-1-5-13-22/h2-3,6-9,14H,1,4-5,10-13H2,(H,23,26)(H,24,25). The van der Waals surface area contributed by atoms with Gasteiger partial charge in [0.05, 0.1) is 11.0 Å². The smallest absolute Gasteiger partial charge is 0.251 e. The number of carbonyl (C=O) groups is 1. The van der Waals surface area contributed by atoms with Crippen LogP contribution < -0.4 is 14.8 Å². The van der Waals surface area contributed by atoms with Crippen LogP contribution in [0.5, 0.6) is 11.5 Å². The number of para-hydroxylation sites is 2. The summed E-state index contributed by atoms with van der Waals surface area (Å²) in [6.45, 7) is 0. The molecule has 1 fully saturated rings. The third-order valence-corrected chi connectivity index (χ3v) is 5.46. The second-order valence-electron chi connectivity index (χ2n) is 7.59. The van der Waals surface area contributed by atoms with Gasteiger partial charge in [0.25, 0.3) is 5.79 Å². The fourth-order valence-corrected chi connectivity index (χ4v) is 4.05. The van der Waals surface area contributed by atoms with Gasteiger partial charge in [0.2, 0.25) is 5.91 Å². The fraction of sp³-hybridized carbons (Fsp3) is 0.364. The first kappa shape index (κ1) is 17.1. The number of anilines is 1. The summed E-state index contributed by atoms with van der Waals surface area (Å²) in [5, 5.41) is 2.95. The van der Waals surface area contributed by atoms with E-state index >= 15 is 0 Å². The Labute approximate surface area is 163 Å². The summed E-state index contributed by atoms with van der Waals surface area (Å²) in [5.41, 5.74) is 2.64. The zero-order chi connectivity index (χ0) is 19.0. The van der Waals surface area contributed by atoms with E-state index in [0.29, 0.717) is 12.8 Å². The molecule has 0 atom stereocenters. The van der Waals surface area contributed by atoms with Crippen molar-refractivity contribution in [3.05, 3.63) is 48.3 Å².